The molecule has 2 aromatic carbocycles. The highest BCUT2D eigenvalue weighted by Crippen LogP contribution is 2.33. The number of halogens is 1. The molecular formula is C21H22BrN3O4S2. The van der Waals surface area contributed by atoms with Crippen molar-refractivity contribution in [3.05, 3.63) is 52.5 Å². The van der Waals surface area contributed by atoms with Crippen molar-refractivity contribution < 1.29 is 17.9 Å². The molecule has 1 fully saturated rings. The van der Waals surface area contributed by atoms with E-state index in [2.05, 4.69) is 25.8 Å². The fourth-order valence-electron chi connectivity index (χ4n) is 3.45. The first-order chi connectivity index (χ1) is 14.8. The molecule has 1 saturated heterocycles. The number of rotatable bonds is 6. The maximum atomic E-state index is 13.4. The van der Waals surface area contributed by atoms with E-state index in [1.54, 1.807) is 29.2 Å². The lowest BCUT2D eigenvalue weighted by molar-refractivity contribution is 0.0391. The fourth-order valence-corrected chi connectivity index (χ4v) is 5.77. The van der Waals surface area contributed by atoms with Crippen LogP contribution in [0, 0.1) is 0 Å². The van der Waals surface area contributed by atoms with Crippen LogP contribution in [0.4, 0.5) is 5.13 Å². The van der Waals surface area contributed by atoms with Gasteiger partial charge in [-0.1, -0.05) is 39.4 Å². The number of fused-ring (bicyclic) bond motifs is 1. The van der Waals surface area contributed by atoms with Crippen LogP contribution < -0.4 is 4.90 Å². The average Bonchev–Trinajstić information content (AvgIpc) is 3.17. The summed E-state index contributed by atoms with van der Waals surface area (Å²) in [7, 11) is -3.44. The summed E-state index contributed by atoms with van der Waals surface area (Å²) in [5.41, 5.74) is 0.947. The molecule has 2 heterocycles. The minimum Gasteiger partial charge on any atom is -0.379 e. The van der Waals surface area contributed by atoms with Crippen LogP contribution in [-0.4, -0.2) is 69.9 Å². The number of carbonyl (C=O) groups excluding carboxylic acids is 1. The van der Waals surface area contributed by atoms with Crippen molar-refractivity contribution in [1.82, 2.24) is 9.88 Å². The Balaban J connectivity index is 1.71. The van der Waals surface area contributed by atoms with Gasteiger partial charge in [0.05, 0.1) is 22.8 Å². The highest BCUT2D eigenvalue weighted by atomic mass is 79.9. The second-order valence-corrected chi connectivity index (χ2v) is 11.2. The van der Waals surface area contributed by atoms with Gasteiger partial charge in [-0.05, 0) is 30.3 Å². The van der Waals surface area contributed by atoms with Gasteiger partial charge in [-0.3, -0.25) is 14.6 Å². The predicted octanol–water partition coefficient (Wildman–Crippen LogP) is 3.44. The molecule has 7 nitrogen and oxygen atoms in total. The largest absolute Gasteiger partial charge is 0.379 e. The molecule has 1 aromatic heterocycles. The summed E-state index contributed by atoms with van der Waals surface area (Å²) < 4.78 is 31.4. The van der Waals surface area contributed by atoms with Gasteiger partial charge in [0.1, 0.15) is 5.52 Å². The van der Waals surface area contributed by atoms with Gasteiger partial charge in [0, 0.05) is 42.5 Å². The number of benzene rings is 2. The molecule has 1 aliphatic rings. The van der Waals surface area contributed by atoms with E-state index in [0.29, 0.717) is 42.5 Å². The number of hydrogen-bond acceptors (Lipinski definition) is 7. The van der Waals surface area contributed by atoms with E-state index in [1.807, 2.05) is 18.2 Å². The van der Waals surface area contributed by atoms with Crippen molar-refractivity contribution in [3.8, 4) is 0 Å². The number of amides is 1. The monoisotopic (exact) mass is 523 g/mol. The Morgan fingerprint density at radius 1 is 1.23 bits per heavy atom. The molecular weight excluding hydrogens is 502 g/mol. The number of para-hydroxylation sites is 1. The molecule has 0 radical (unpaired) electrons. The Labute approximate surface area is 193 Å². The Kier molecular flexibility index (Phi) is 6.73. The zero-order chi connectivity index (χ0) is 22.0. The normalized spacial score (nSPS) is 15.3. The SMILES string of the molecule is CS(=O)(=O)c1cccc2sc(N(CCN3CCOCC3)C(=O)c3cccc(Br)c3)nc12. The molecule has 1 aliphatic heterocycles. The van der Waals surface area contributed by atoms with E-state index in [0.717, 1.165) is 22.3 Å². The molecule has 0 N–H and O–H groups in total. The lowest BCUT2D eigenvalue weighted by Gasteiger charge is -2.29. The highest BCUT2D eigenvalue weighted by molar-refractivity contribution is 9.10. The fraction of sp³-hybridized carbons (Fsp3) is 0.333. The van der Waals surface area contributed by atoms with E-state index >= 15 is 0 Å². The molecule has 0 bridgehead atoms. The number of sulfone groups is 1. The van der Waals surface area contributed by atoms with Crippen molar-refractivity contribution in [1.29, 1.82) is 0 Å². The van der Waals surface area contributed by atoms with Crippen LogP contribution in [0.25, 0.3) is 10.2 Å². The zero-order valence-electron chi connectivity index (χ0n) is 17.0. The summed E-state index contributed by atoms with van der Waals surface area (Å²) in [4.78, 5) is 22.1. The third kappa shape index (κ3) is 5.15. The number of anilines is 1. The van der Waals surface area contributed by atoms with Crippen molar-refractivity contribution in [2.75, 3.05) is 50.5 Å². The van der Waals surface area contributed by atoms with Crippen LogP contribution in [0.3, 0.4) is 0 Å². The van der Waals surface area contributed by atoms with E-state index in [-0.39, 0.29) is 10.8 Å². The van der Waals surface area contributed by atoms with Crippen LogP contribution in [0.1, 0.15) is 10.4 Å². The van der Waals surface area contributed by atoms with Gasteiger partial charge in [0.25, 0.3) is 5.91 Å². The predicted molar refractivity (Wildman–Crippen MR) is 126 cm³/mol. The third-order valence-corrected chi connectivity index (χ3v) is 7.73. The number of morpholine rings is 1. The Bertz CT molecular complexity index is 1210. The Morgan fingerprint density at radius 3 is 2.68 bits per heavy atom. The van der Waals surface area contributed by atoms with Gasteiger partial charge >= 0.3 is 0 Å². The molecule has 0 unspecified atom stereocenters. The van der Waals surface area contributed by atoms with Crippen LogP contribution >= 0.6 is 27.3 Å². The average molecular weight is 524 g/mol. The minimum absolute atomic E-state index is 0.172. The van der Waals surface area contributed by atoms with E-state index in [4.69, 9.17) is 4.74 Å². The van der Waals surface area contributed by atoms with Crippen LogP contribution in [-0.2, 0) is 14.6 Å². The molecule has 0 spiro atoms. The van der Waals surface area contributed by atoms with Crippen molar-refractivity contribution in [3.63, 3.8) is 0 Å². The molecule has 0 aliphatic carbocycles. The summed E-state index contributed by atoms with van der Waals surface area (Å²) in [6.07, 6.45) is 1.17. The third-order valence-electron chi connectivity index (χ3n) is 5.06. The standard InChI is InChI=1S/C21H22BrN3O4S2/c1-31(27,28)18-7-3-6-17-19(18)23-21(30-17)25(9-8-24-10-12-29-13-11-24)20(26)15-4-2-5-16(22)14-15/h2-7,14H,8-13H2,1H3. The molecule has 31 heavy (non-hydrogen) atoms. The molecule has 4 rings (SSSR count). The first-order valence-corrected chi connectivity index (χ1v) is 13.3. The molecule has 0 atom stereocenters. The van der Waals surface area contributed by atoms with Crippen molar-refractivity contribution in [2.45, 2.75) is 4.90 Å². The summed E-state index contributed by atoms with van der Waals surface area (Å²) in [5.74, 6) is -0.172. The zero-order valence-corrected chi connectivity index (χ0v) is 20.2. The first-order valence-electron chi connectivity index (χ1n) is 9.80. The molecule has 1 amide bonds. The number of aromatic nitrogens is 1. The van der Waals surface area contributed by atoms with E-state index in [1.165, 1.54) is 17.6 Å². The lowest BCUT2D eigenvalue weighted by Crippen LogP contribution is -2.43. The molecule has 164 valence electrons. The quantitative estimate of drug-likeness (QED) is 0.492. The maximum Gasteiger partial charge on any atom is 0.260 e. The number of ether oxygens (including phenoxy) is 1. The Hall–Kier alpha value is -1.85. The van der Waals surface area contributed by atoms with Crippen molar-refractivity contribution in [2.24, 2.45) is 0 Å². The summed E-state index contributed by atoms with van der Waals surface area (Å²) >= 11 is 4.75. The van der Waals surface area contributed by atoms with Crippen LogP contribution in [0.2, 0.25) is 0 Å². The first kappa shape index (κ1) is 22.3. The van der Waals surface area contributed by atoms with Gasteiger partial charge in [0.2, 0.25) is 0 Å². The van der Waals surface area contributed by atoms with E-state index < -0.39 is 9.84 Å². The smallest absolute Gasteiger partial charge is 0.260 e. The number of thiazole rings is 1. The highest BCUT2D eigenvalue weighted by Gasteiger charge is 2.24. The molecule has 3 aromatic rings. The van der Waals surface area contributed by atoms with E-state index in [9.17, 15) is 13.2 Å². The van der Waals surface area contributed by atoms with Gasteiger partial charge in [-0.25, -0.2) is 13.4 Å². The maximum absolute atomic E-state index is 13.4. The second-order valence-electron chi connectivity index (χ2n) is 7.29. The summed E-state index contributed by atoms with van der Waals surface area (Å²) in [6, 6.07) is 12.3. The van der Waals surface area contributed by atoms with Gasteiger partial charge < -0.3 is 4.74 Å². The second kappa shape index (κ2) is 9.33. The number of hydrogen-bond donors (Lipinski definition) is 0. The number of carbonyl (C=O) groups is 1. The van der Waals surface area contributed by atoms with Crippen LogP contribution in [0.5, 0.6) is 0 Å². The van der Waals surface area contributed by atoms with Crippen molar-refractivity contribution >= 4 is 58.4 Å². The minimum atomic E-state index is -3.44. The van der Waals surface area contributed by atoms with Gasteiger partial charge in [0.15, 0.2) is 15.0 Å². The number of nitrogens with zero attached hydrogens (tertiary/aromatic N) is 3. The topological polar surface area (TPSA) is 79.8 Å². The molecule has 10 heteroatoms. The molecule has 0 saturated carbocycles. The summed E-state index contributed by atoms with van der Waals surface area (Å²) in [5, 5.41) is 0.490. The summed E-state index contributed by atoms with van der Waals surface area (Å²) in [6.45, 7) is 4.11. The van der Waals surface area contributed by atoms with Crippen LogP contribution in [0.15, 0.2) is 51.8 Å². The lowest BCUT2D eigenvalue weighted by atomic mass is 10.2. The Morgan fingerprint density at radius 2 is 1.97 bits per heavy atom. The van der Waals surface area contributed by atoms with Gasteiger partial charge in [-0.15, -0.1) is 0 Å². The van der Waals surface area contributed by atoms with Gasteiger partial charge in [-0.2, -0.15) is 0 Å².